The maximum Gasteiger partial charge on any atom is 0.408 e. The second kappa shape index (κ2) is 7.65. The molecule has 2 rings (SSSR count). The van der Waals surface area contributed by atoms with Crippen LogP contribution >= 0.6 is 23.2 Å². The molecule has 3 N–H and O–H groups in total. The van der Waals surface area contributed by atoms with Crippen molar-refractivity contribution in [1.29, 1.82) is 0 Å². The Hall–Kier alpha value is -1.75. The third kappa shape index (κ3) is 4.66. The third-order valence-electron chi connectivity index (χ3n) is 4.01. The molecule has 0 aliphatic carbocycles. The van der Waals surface area contributed by atoms with Crippen LogP contribution < -0.4 is 5.73 Å². The van der Waals surface area contributed by atoms with Gasteiger partial charge < -0.3 is 10.8 Å². The topological polar surface area (TPSA) is 66.6 Å². The van der Waals surface area contributed by atoms with Crippen molar-refractivity contribution in [2.24, 2.45) is 5.73 Å². The summed E-state index contributed by atoms with van der Waals surface area (Å²) in [5.74, 6) is 0. The highest BCUT2D eigenvalue weighted by atomic mass is 35.5. The van der Waals surface area contributed by atoms with Crippen LogP contribution in [-0.4, -0.2) is 21.6 Å². The number of amides is 1. The Bertz CT molecular complexity index is 725. The predicted octanol–water partition coefficient (Wildman–Crippen LogP) is 5.51. The summed E-state index contributed by atoms with van der Waals surface area (Å²) < 4.78 is 0. The Labute approximate surface area is 158 Å². The van der Waals surface area contributed by atoms with E-state index in [4.69, 9.17) is 28.9 Å². The lowest BCUT2D eigenvalue weighted by atomic mass is 9.89. The number of rotatable bonds is 4. The van der Waals surface area contributed by atoms with Crippen LogP contribution in [0.2, 0.25) is 10.0 Å². The van der Waals surface area contributed by atoms with Gasteiger partial charge >= 0.3 is 6.09 Å². The molecular formula is C19H22Cl2N2O2. The number of hydrogen-bond donors (Lipinski definition) is 2. The van der Waals surface area contributed by atoms with E-state index in [1.165, 1.54) is 4.90 Å². The fourth-order valence-corrected chi connectivity index (χ4v) is 3.12. The number of carboxylic acid groups (broad SMARTS) is 1. The number of hydrogen-bond acceptors (Lipinski definition) is 2. The van der Waals surface area contributed by atoms with E-state index < -0.39 is 23.7 Å². The quantitative estimate of drug-likeness (QED) is 0.734. The number of halogens is 2. The van der Waals surface area contributed by atoms with Crippen LogP contribution in [-0.2, 0) is 0 Å². The van der Waals surface area contributed by atoms with Crippen molar-refractivity contribution in [1.82, 2.24) is 4.90 Å². The van der Waals surface area contributed by atoms with Gasteiger partial charge in [0.2, 0.25) is 0 Å². The molecule has 0 spiro atoms. The number of carbonyl (C=O) groups is 1. The third-order valence-corrected chi connectivity index (χ3v) is 4.52. The van der Waals surface area contributed by atoms with Gasteiger partial charge in [-0.05, 0) is 56.2 Å². The fourth-order valence-electron chi connectivity index (χ4n) is 2.87. The Kier molecular flexibility index (Phi) is 5.99. The molecule has 0 unspecified atom stereocenters. The molecule has 0 heterocycles. The summed E-state index contributed by atoms with van der Waals surface area (Å²) in [6, 6.07) is 13.1. The smallest absolute Gasteiger partial charge is 0.408 e. The summed E-state index contributed by atoms with van der Waals surface area (Å²) in [6.45, 7) is 5.54. The lowest BCUT2D eigenvalue weighted by Gasteiger charge is -2.42. The Morgan fingerprint density at radius 2 is 1.36 bits per heavy atom. The Balaban J connectivity index is 2.56. The van der Waals surface area contributed by atoms with Gasteiger partial charge in [0.25, 0.3) is 0 Å². The molecule has 25 heavy (non-hydrogen) atoms. The van der Waals surface area contributed by atoms with Gasteiger partial charge in [-0.25, -0.2) is 4.79 Å². The zero-order valence-corrected chi connectivity index (χ0v) is 15.9. The van der Waals surface area contributed by atoms with E-state index >= 15 is 0 Å². The van der Waals surface area contributed by atoms with Crippen molar-refractivity contribution in [3.8, 4) is 0 Å². The summed E-state index contributed by atoms with van der Waals surface area (Å²) in [6.07, 6.45) is -1.03. The first-order valence-electron chi connectivity index (χ1n) is 7.90. The van der Waals surface area contributed by atoms with Crippen LogP contribution in [0.1, 0.15) is 44.0 Å². The predicted molar refractivity (Wildman–Crippen MR) is 102 cm³/mol. The first-order valence-corrected chi connectivity index (χ1v) is 8.65. The van der Waals surface area contributed by atoms with E-state index in [9.17, 15) is 9.90 Å². The zero-order valence-electron chi connectivity index (χ0n) is 14.4. The molecule has 0 bridgehead atoms. The molecule has 2 aromatic rings. The Morgan fingerprint density at radius 3 is 1.72 bits per heavy atom. The maximum atomic E-state index is 12.0. The lowest BCUT2D eigenvalue weighted by molar-refractivity contribution is 0.0603. The number of nitrogens with zero attached hydrogens (tertiary/aromatic N) is 1. The van der Waals surface area contributed by atoms with Gasteiger partial charge in [0.05, 0.1) is 12.1 Å². The van der Waals surface area contributed by atoms with Gasteiger partial charge in [-0.2, -0.15) is 0 Å². The largest absolute Gasteiger partial charge is 0.465 e. The molecule has 2 aromatic carbocycles. The van der Waals surface area contributed by atoms with Crippen LogP contribution in [0.3, 0.4) is 0 Å². The SMILES string of the molecule is CC(C)(C)N(C(=O)O)[C@@H](c1ccc(Cl)cc1)[C@H](N)c1ccc(Cl)cc1. The van der Waals surface area contributed by atoms with Crippen LogP contribution in [0, 0.1) is 0 Å². The lowest BCUT2D eigenvalue weighted by Crippen LogP contribution is -2.50. The van der Waals surface area contributed by atoms with Crippen molar-refractivity contribution >= 4 is 29.3 Å². The first-order chi connectivity index (χ1) is 11.6. The van der Waals surface area contributed by atoms with E-state index in [0.717, 1.165) is 11.1 Å². The summed E-state index contributed by atoms with van der Waals surface area (Å²) in [5.41, 5.74) is 7.46. The molecule has 0 aliphatic rings. The van der Waals surface area contributed by atoms with Crippen LogP contribution in [0.15, 0.2) is 48.5 Å². The van der Waals surface area contributed by atoms with Gasteiger partial charge in [-0.1, -0.05) is 47.5 Å². The maximum absolute atomic E-state index is 12.0. The highest BCUT2D eigenvalue weighted by Crippen LogP contribution is 2.37. The second-order valence-electron chi connectivity index (χ2n) is 6.90. The van der Waals surface area contributed by atoms with Gasteiger partial charge in [0.1, 0.15) is 0 Å². The minimum Gasteiger partial charge on any atom is -0.465 e. The highest BCUT2D eigenvalue weighted by Gasteiger charge is 2.38. The molecule has 6 heteroatoms. The van der Waals surface area contributed by atoms with Crippen LogP contribution in [0.4, 0.5) is 4.79 Å². The fraction of sp³-hybridized carbons (Fsp3) is 0.316. The molecule has 0 aliphatic heterocycles. The molecule has 0 saturated heterocycles. The van der Waals surface area contributed by atoms with Crippen LogP contribution in [0.25, 0.3) is 0 Å². The number of nitrogens with two attached hydrogens (primary N) is 1. The van der Waals surface area contributed by atoms with E-state index in [2.05, 4.69) is 0 Å². The van der Waals surface area contributed by atoms with Crippen molar-refractivity contribution in [2.75, 3.05) is 0 Å². The van der Waals surface area contributed by atoms with Gasteiger partial charge in [-0.15, -0.1) is 0 Å². The van der Waals surface area contributed by atoms with E-state index in [1.807, 2.05) is 45.0 Å². The minimum absolute atomic E-state index is 0.561. The summed E-state index contributed by atoms with van der Waals surface area (Å²) in [7, 11) is 0. The molecule has 0 radical (unpaired) electrons. The van der Waals surface area contributed by atoms with Crippen molar-refractivity contribution in [2.45, 2.75) is 38.4 Å². The standard InChI is InChI=1S/C19H22Cl2N2O2/c1-19(2,3)23(18(24)25)17(13-6-10-15(21)11-7-13)16(22)12-4-8-14(20)9-5-12/h4-11,16-17H,22H2,1-3H3,(H,24,25)/t16-,17+/m1/s1. The van der Waals surface area contributed by atoms with Gasteiger partial charge in [-0.3, -0.25) is 4.90 Å². The molecule has 134 valence electrons. The summed E-state index contributed by atoms with van der Waals surface area (Å²) >= 11 is 11.9. The molecular weight excluding hydrogens is 359 g/mol. The van der Waals surface area contributed by atoms with Crippen molar-refractivity contribution < 1.29 is 9.90 Å². The monoisotopic (exact) mass is 380 g/mol. The van der Waals surface area contributed by atoms with Crippen molar-refractivity contribution in [3.05, 3.63) is 69.7 Å². The average molecular weight is 381 g/mol. The second-order valence-corrected chi connectivity index (χ2v) is 7.77. The normalized spacial score (nSPS) is 14.0. The molecule has 2 atom stereocenters. The zero-order chi connectivity index (χ0) is 18.8. The minimum atomic E-state index is -1.03. The average Bonchev–Trinajstić information content (AvgIpc) is 2.52. The van der Waals surface area contributed by atoms with Gasteiger partial charge in [0, 0.05) is 15.6 Å². The summed E-state index contributed by atoms with van der Waals surface area (Å²) in [5, 5.41) is 11.0. The van der Waals surface area contributed by atoms with Crippen molar-refractivity contribution in [3.63, 3.8) is 0 Å². The Morgan fingerprint density at radius 1 is 0.960 bits per heavy atom. The van der Waals surface area contributed by atoms with Crippen LogP contribution in [0.5, 0.6) is 0 Å². The molecule has 0 saturated carbocycles. The van der Waals surface area contributed by atoms with E-state index in [1.54, 1.807) is 24.3 Å². The molecule has 0 fully saturated rings. The van der Waals surface area contributed by atoms with Gasteiger partial charge in [0.15, 0.2) is 0 Å². The highest BCUT2D eigenvalue weighted by molar-refractivity contribution is 6.30. The van der Waals surface area contributed by atoms with E-state index in [0.29, 0.717) is 10.0 Å². The number of benzene rings is 2. The molecule has 1 amide bonds. The first kappa shape index (κ1) is 19.6. The molecule has 4 nitrogen and oxygen atoms in total. The van der Waals surface area contributed by atoms with E-state index in [-0.39, 0.29) is 0 Å². The summed E-state index contributed by atoms with van der Waals surface area (Å²) in [4.78, 5) is 13.4. The molecule has 0 aromatic heterocycles.